The van der Waals surface area contributed by atoms with Crippen LogP contribution in [0.5, 0.6) is 5.75 Å². The Kier molecular flexibility index (Phi) is 1.70. The molecule has 0 aromatic carbocycles. The summed E-state index contributed by atoms with van der Waals surface area (Å²) in [4.78, 5) is 7.92. The third-order valence-corrected chi connectivity index (χ3v) is 1.50. The van der Waals surface area contributed by atoms with Crippen LogP contribution in [0.1, 0.15) is 5.89 Å². The molecule has 13 heavy (non-hydrogen) atoms. The predicted octanol–water partition coefficient (Wildman–Crippen LogP) is 1.15. The Labute approximate surface area is 74.1 Å². The number of nitrogens with zero attached hydrogens (tertiary/aromatic N) is 3. The lowest BCUT2D eigenvalue weighted by Crippen LogP contribution is -1.84. The molecular weight excluding hydrogens is 170 g/mol. The van der Waals surface area contributed by atoms with Crippen molar-refractivity contribution in [3.05, 3.63) is 24.2 Å². The molecule has 2 aromatic heterocycles. The summed E-state index contributed by atoms with van der Waals surface area (Å²) in [6, 6.07) is 3.15. The summed E-state index contributed by atoms with van der Waals surface area (Å²) in [6.07, 6.45) is 1.33. The standard InChI is InChI=1S/C8H7N3O2/c1-5-10-8(11-13-5)7-3-2-6(12)4-9-7/h2-4,12H,1H3. The van der Waals surface area contributed by atoms with Crippen molar-refractivity contribution in [1.29, 1.82) is 0 Å². The van der Waals surface area contributed by atoms with Gasteiger partial charge in [-0.15, -0.1) is 0 Å². The van der Waals surface area contributed by atoms with Gasteiger partial charge < -0.3 is 9.63 Å². The van der Waals surface area contributed by atoms with Gasteiger partial charge in [0.15, 0.2) is 0 Å². The Morgan fingerprint density at radius 1 is 1.38 bits per heavy atom. The highest BCUT2D eigenvalue weighted by Crippen LogP contribution is 2.14. The van der Waals surface area contributed by atoms with E-state index < -0.39 is 0 Å². The molecule has 0 bridgehead atoms. The fraction of sp³-hybridized carbons (Fsp3) is 0.125. The molecule has 0 radical (unpaired) electrons. The van der Waals surface area contributed by atoms with Gasteiger partial charge in [-0.2, -0.15) is 4.98 Å². The van der Waals surface area contributed by atoms with Gasteiger partial charge in [-0.1, -0.05) is 5.16 Å². The van der Waals surface area contributed by atoms with Gasteiger partial charge in [-0.05, 0) is 12.1 Å². The summed E-state index contributed by atoms with van der Waals surface area (Å²) >= 11 is 0. The number of hydrogen-bond donors (Lipinski definition) is 1. The quantitative estimate of drug-likeness (QED) is 0.707. The number of aromatic hydroxyl groups is 1. The van der Waals surface area contributed by atoms with Crippen LogP contribution >= 0.6 is 0 Å². The summed E-state index contributed by atoms with van der Waals surface area (Å²) in [7, 11) is 0. The molecular formula is C8H7N3O2. The van der Waals surface area contributed by atoms with E-state index >= 15 is 0 Å². The van der Waals surface area contributed by atoms with Crippen molar-refractivity contribution in [3.63, 3.8) is 0 Å². The van der Waals surface area contributed by atoms with E-state index in [1.165, 1.54) is 12.3 Å². The van der Waals surface area contributed by atoms with Crippen LogP contribution in [0.2, 0.25) is 0 Å². The van der Waals surface area contributed by atoms with Crippen molar-refractivity contribution in [1.82, 2.24) is 15.1 Å². The molecule has 0 unspecified atom stereocenters. The van der Waals surface area contributed by atoms with Crippen LogP contribution in [-0.4, -0.2) is 20.2 Å². The topological polar surface area (TPSA) is 72.0 Å². The van der Waals surface area contributed by atoms with E-state index in [0.29, 0.717) is 17.4 Å². The van der Waals surface area contributed by atoms with Crippen LogP contribution in [0.25, 0.3) is 11.5 Å². The minimum atomic E-state index is 0.115. The number of hydrogen-bond acceptors (Lipinski definition) is 5. The average molecular weight is 177 g/mol. The van der Waals surface area contributed by atoms with Gasteiger partial charge in [-0.3, -0.25) is 0 Å². The Hall–Kier alpha value is -1.91. The zero-order chi connectivity index (χ0) is 9.26. The molecule has 0 aliphatic heterocycles. The van der Waals surface area contributed by atoms with E-state index in [1.807, 2.05) is 0 Å². The maximum atomic E-state index is 8.98. The van der Waals surface area contributed by atoms with Crippen molar-refractivity contribution < 1.29 is 9.63 Å². The van der Waals surface area contributed by atoms with Gasteiger partial charge in [0.1, 0.15) is 11.4 Å². The van der Waals surface area contributed by atoms with Crippen molar-refractivity contribution in [2.75, 3.05) is 0 Å². The highest BCUT2D eigenvalue weighted by atomic mass is 16.5. The van der Waals surface area contributed by atoms with E-state index in [-0.39, 0.29) is 5.75 Å². The van der Waals surface area contributed by atoms with Crippen molar-refractivity contribution in [2.24, 2.45) is 0 Å². The SMILES string of the molecule is Cc1nc(-c2ccc(O)cn2)no1. The molecule has 2 aromatic rings. The maximum Gasteiger partial charge on any atom is 0.223 e. The van der Waals surface area contributed by atoms with E-state index in [4.69, 9.17) is 9.63 Å². The lowest BCUT2D eigenvalue weighted by Gasteiger charge is -1.92. The normalized spacial score (nSPS) is 10.2. The minimum Gasteiger partial charge on any atom is -0.506 e. The molecule has 0 atom stereocenters. The second kappa shape index (κ2) is 2.85. The monoisotopic (exact) mass is 177 g/mol. The van der Waals surface area contributed by atoms with Crippen LogP contribution in [0.15, 0.2) is 22.9 Å². The first-order valence-corrected chi connectivity index (χ1v) is 3.71. The highest BCUT2D eigenvalue weighted by molar-refractivity contribution is 5.48. The zero-order valence-corrected chi connectivity index (χ0v) is 6.93. The van der Waals surface area contributed by atoms with Gasteiger partial charge in [0.25, 0.3) is 0 Å². The summed E-state index contributed by atoms with van der Waals surface area (Å²) in [5, 5.41) is 12.7. The zero-order valence-electron chi connectivity index (χ0n) is 6.93. The fourth-order valence-electron chi connectivity index (χ4n) is 0.922. The van der Waals surface area contributed by atoms with E-state index in [9.17, 15) is 0 Å². The smallest absolute Gasteiger partial charge is 0.223 e. The molecule has 0 fully saturated rings. The molecule has 2 rings (SSSR count). The van der Waals surface area contributed by atoms with Crippen molar-refractivity contribution in [2.45, 2.75) is 6.92 Å². The summed E-state index contributed by atoms with van der Waals surface area (Å²) < 4.78 is 4.79. The third kappa shape index (κ3) is 1.48. The van der Waals surface area contributed by atoms with E-state index in [0.717, 1.165) is 0 Å². The van der Waals surface area contributed by atoms with Crippen LogP contribution in [-0.2, 0) is 0 Å². The first-order chi connectivity index (χ1) is 6.25. The number of rotatable bonds is 1. The molecule has 66 valence electrons. The van der Waals surface area contributed by atoms with Crippen LogP contribution in [0.3, 0.4) is 0 Å². The summed E-state index contributed by atoms with van der Waals surface area (Å²) in [5.74, 6) is 1.03. The Balaban J connectivity index is 2.41. The second-order valence-electron chi connectivity index (χ2n) is 2.54. The van der Waals surface area contributed by atoms with Gasteiger partial charge in [-0.25, -0.2) is 4.98 Å². The average Bonchev–Trinajstić information content (AvgIpc) is 2.53. The lowest BCUT2D eigenvalue weighted by molar-refractivity contribution is 0.394. The molecule has 1 N–H and O–H groups in total. The number of aryl methyl sites for hydroxylation is 1. The number of pyridine rings is 1. The first-order valence-electron chi connectivity index (χ1n) is 3.71. The molecule has 0 aliphatic carbocycles. The van der Waals surface area contributed by atoms with Gasteiger partial charge in [0.2, 0.25) is 11.7 Å². The maximum absolute atomic E-state index is 8.98. The molecule has 2 heterocycles. The molecule has 5 nitrogen and oxygen atoms in total. The molecule has 0 amide bonds. The lowest BCUT2D eigenvalue weighted by atomic mass is 10.3. The molecule has 0 saturated carbocycles. The minimum absolute atomic E-state index is 0.115. The Bertz CT molecular complexity index is 408. The van der Waals surface area contributed by atoms with Crippen molar-refractivity contribution >= 4 is 0 Å². The van der Waals surface area contributed by atoms with Crippen LogP contribution < -0.4 is 0 Å². The predicted molar refractivity (Wildman–Crippen MR) is 43.9 cm³/mol. The Morgan fingerprint density at radius 2 is 2.23 bits per heavy atom. The summed E-state index contributed by atoms with van der Waals surface area (Å²) in [5.41, 5.74) is 0.578. The molecule has 5 heteroatoms. The summed E-state index contributed by atoms with van der Waals surface area (Å²) in [6.45, 7) is 1.71. The highest BCUT2D eigenvalue weighted by Gasteiger charge is 2.05. The number of aromatic nitrogens is 3. The molecule has 0 aliphatic rings. The largest absolute Gasteiger partial charge is 0.506 e. The fourth-order valence-corrected chi connectivity index (χ4v) is 0.922. The first kappa shape index (κ1) is 7.72. The van der Waals surface area contributed by atoms with Gasteiger partial charge in [0.05, 0.1) is 6.20 Å². The van der Waals surface area contributed by atoms with Crippen LogP contribution in [0.4, 0.5) is 0 Å². The second-order valence-corrected chi connectivity index (χ2v) is 2.54. The molecule has 0 spiro atoms. The van der Waals surface area contributed by atoms with E-state index in [1.54, 1.807) is 13.0 Å². The van der Waals surface area contributed by atoms with Crippen LogP contribution in [0, 0.1) is 6.92 Å². The van der Waals surface area contributed by atoms with Crippen molar-refractivity contribution in [3.8, 4) is 17.3 Å². The third-order valence-electron chi connectivity index (χ3n) is 1.50. The Morgan fingerprint density at radius 3 is 2.77 bits per heavy atom. The van der Waals surface area contributed by atoms with Gasteiger partial charge >= 0.3 is 0 Å². The molecule has 0 saturated heterocycles. The van der Waals surface area contributed by atoms with E-state index in [2.05, 4.69) is 15.1 Å². The van der Waals surface area contributed by atoms with Gasteiger partial charge in [0, 0.05) is 6.92 Å².